The van der Waals surface area contributed by atoms with Gasteiger partial charge in [-0.25, -0.2) is 9.18 Å². The number of hydrogen-bond acceptors (Lipinski definition) is 3. The van der Waals surface area contributed by atoms with Gasteiger partial charge in [0, 0.05) is 19.0 Å². The molecule has 2 unspecified atom stereocenters. The molecule has 1 aromatic heterocycles. The second-order valence-electron chi connectivity index (χ2n) is 5.37. The van der Waals surface area contributed by atoms with E-state index in [2.05, 4.69) is 5.32 Å². The number of halogens is 1. The van der Waals surface area contributed by atoms with Gasteiger partial charge in [-0.15, -0.1) is 0 Å². The number of imidazole rings is 1. The molecule has 6 nitrogen and oxygen atoms in total. The van der Waals surface area contributed by atoms with Gasteiger partial charge in [0.2, 0.25) is 5.91 Å². The molecule has 0 spiro atoms. The van der Waals surface area contributed by atoms with Crippen molar-refractivity contribution in [3.05, 3.63) is 34.0 Å². The lowest BCUT2D eigenvalue weighted by Gasteiger charge is -2.29. The predicted octanol–water partition coefficient (Wildman–Crippen LogP) is 0.557. The molecule has 0 bridgehead atoms. The summed E-state index contributed by atoms with van der Waals surface area (Å²) in [6, 6.07) is 2.28. The SMILES string of the molecule is Cc1c(F)ccc2c1n(C)c(=O)n2C1CCC(=O)NC1O. The number of rotatable bonds is 1. The molecule has 21 heavy (non-hydrogen) atoms. The third-order valence-electron chi connectivity index (χ3n) is 4.10. The van der Waals surface area contributed by atoms with Gasteiger partial charge in [-0.2, -0.15) is 0 Å². The van der Waals surface area contributed by atoms with Crippen molar-refractivity contribution in [2.24, 2.45) is 7.05 Å². The van der Waals surface area contributed by atoms with Gasteiger partial charge in [0.1, 0.15) is 12.0 Å². The molecule has 1 aliphatic rings. The molecule has 1 amide bonds. The van der Waals surface area contributed by atoms with Gasteiger partial charge in [0.05, 0.1) is 17.1 Å². The monoisotopic (exact) mass is 293 g/mol. The van der Waals surface area contributed by atoms with E-state index in [-0.39, 0.29) is 23.8 Å². The summed E-state index contributed by atoms with van der Waals surface area (Å²) in [6.45, 7) is 1.61. The van der Waals surface area contributed by atoms with Gasteiger partial charge in [-0.05, 0) is 25.5 Å². The summed E-state index contributed by atoms with van der Waals surface area (Å²) in [4.78, 5) is 23.7. The molecule has 0 aliphatic carbocycles. The smallest absolute Gasteiger partial charge is 0.329 e. The minimum atomic E-state index is -1.13. The second kappa shape index (κ2) is 4.70. The third-order valence-corrected chi connectivity index (χ3v) is 4.10. The van der Waals surface area contributed by atoms with E-state index >= 15 is 0 Å². The van der Waals surface area contributed by atoms with Crippen molar-refractivity contribution in [1.29, 1.82) is 0 Å². The Bertz CT molecular complexity index is 793. The number of aromatic nitrogens is 2. The molecule has 1 aliphatic heterocycles. The maximum absolute atomic E-state index is 13.7. The molecule has 1 aromatic carbocycles. The predicted molar refractivity (Wildman–Crippen MR) is 74.3 cm³/mol. The van der Waals surface area contributed by atoms with Crippen molar-refractivity contribution < 1.29 is 14.3 Å². The molecule has 2 aromatic rings. The summed E-state index contributed by atoms with van der Waals surface area (Å²) < 4.78 is 16.5. The highest BCUT2D eigenvalue weighted by molar-refractivity contribution is 5.80. The van der Waals surface area contributed by atoms with Gasteiger partial charge in [-0.1, -0.05) is 0 Å². The van der Waals surface area contributed by atoms with Crippen LogP contribution in [0, 0.1) is 12.7 Å². The molecule has 112 valence electrons. The summed E-state index contributed by atoms with van der Waals surface area (Å²) >= 11 is 0. The van der Waals surface area contributed by atoms with Crippen LogP contribution in [0.25, 0.3) is 11.0 Å². The lowest BCUT2D eigenvalue weighted by Crippen LogP contribution is -2.47. The van der Waals surface area contributed by atoms with E-state index in [0.29, 0.717) is 23.0 Å². The number of fused-ring (bicyclic) bond motifs is 1. The molecule has 0 saturated carbocycles. The molecule has 7 heteroatoms. The van der Waals surface area contributed by atoms with Crippen LogP contribution in [0.2, 0.25) is 0 Å². The largest absolute Gasteiger partial charge is 0.372 e. The highest BCUT2D eigenvalue weighted by atomic mass is 19.1. The Kier molecular flexibility index (Phi) is 3.09. The molecule has 2 N–H and O–H groups in total. The molecule has 2 atom stereocenters. The van der Waals surface area contributed by atoms with Crippen molar-refractivity contribution in [3.63, 3.8) is 0 Å². The number of piperidine rings is 1. The fraction of sp³-hybridized carbons (Fsp3) is 0.429. The normalized spacial score (nSPS) is 22.6. The number of amides is 1. The summed E-state index contributed by atoms with van der Waals surface area (Å²) in [7, 11) is 1.57. The number of aliphatic hydroxyl groups excluding tert-OH is 1. The number of nitrogens with zero attached hydrogens (tertiary/aromatic N) is 2. The van der Waals surface area contributed by atoms with E-state index in [1.165, 1.54) is 21.3 Å². The van der Waals surface area contributed by atoms with Crippen LogP contribution in [-0.2, 0) is 11.8 Å². The van der Waals surface area contributed by atoms with E-state index in [9.17, 15) is 19.1 Å². The first-order chi connectivity index (χ1) is 9.91. The molecular weight excluding hydrogens is 277 g/mol. The average molecular weight is 293 g/mol. The maximum atomic E-state index is 13.7. The van der Waals surface area contributed by atoms with Crippen LogP contribution in [0.3, 0.4) is 0 Å². The number of aliphatic hydroxyl groups is 1. The van der Waals surface area contributed by atoms with Crippen LogP contribution >= 0.6 is 0 Å². The average Bonchev–Trinajstić information content (AvgIpc) is 2.68. The van der Waals surface area contributed by atoms with E-state index in [1.807, 2.05) is 0 Å². The van der Waals surface area contributed by atoms with Crippen LogP contribution in [0.1, 0.15) is 24.4 Å². The molecule has 1 fully saturated rings. The zero-order valence-electron chi connectivity index (χ0n) is 11.8. The number of aryl methyl sites for hydroxylation is 2. The van der Waals surface area contributed by atoms with E-state index < -0.39 is 12.3 Å². The van der Waals surface area contributed by atoms with Gasteiger partial charge in [-0.3, -0.25) is 13.9 Å². The lowest BCUT2D eigenvalue weighted by molar-refractivity contribution is -0.128. The standard InChI is InChI=1S/C14H16FN3O3/c1-7-8(15)3-4-9-12(7)17(2)14(21)18(9)10-5-6-11(19)16-13(10)20/h3-4,10,13,20H,5-6H2,1-2H3,(H,16,19). The van der Waals surface area contributed by atoms with Crippen molar-refractivity contribution in [2.45, 2.75) is 32.0 Å². The molecule has 0 radical (unpaired) electrons. The third kappa shape index (κ3) is 1.96. The van der Waals surface area contributed by atoms with E-state index in [0.717, 1.165) is 0 Å². The lowest BCUT2D eigenvalue weighted by atomic mass is 10.0. The Hall–Kier alpha value is -2.15. The second-order valence-corrected chi connectivity index (χ2v) is 5.37. The molecule has 2 heterocycles. The number of carbonyl (C=O) groups excluding carboxylic acids is 1. The van der Waals surface area contributed by atoms with Gasteiger partial charge in [0.25, 0.3) is 0 Å². The Morgan fingerprint density at radius 3 is 2.76 bits per heavy atom. The number of benzene rings is 1. The number of hydrogen-bond donors (Lipinski definition) is 2. The van der Waals surface area contributed by atoms with Gasteiger partial charge >= 0.3 is 5.69 Å². The minimum absolute atomic E-state index is 0.241. The molecule has 3 rings (SSSR count). The quantitative estimate of drug-likeness (QED) is 0.806. The molecule has 1 saturated heterocycles. The Morgan fingerprint density at radius 2 is 2.10 bits per heavy atom. The van der Waals surface area contributed by atoms with Crippen LogP contribution in [0.5, 0.6) is 0 Å². The first-order valence-corrected chi connectivity index (χ1v) is 6.75. The highest BCUT2D eigenvalue weighted by Gasteiger charge is 2.31. The maximum Gasteiger partial charge on any atom is 0.329 e. The van der Waals surface area contributed by atoms with Crippen LogP contribution in [0.4, 0.5) is 4.39 Å². The fourth-order valence-corrected chi connectivity index (χ4v) is 3.00. The van der Waals surface area contributed by atoms with Crippen LogP contribution in [0.15, 0.2) is 16.9 Å². The Labute approximate surface area is 119 Å². The summed E-state index contributed by atoms with van der Waals surface area (Å²) in [5.74, 6) is -0.623. The van der Waals surface area contributed by atoms with Crippen molar-refractivity contribution in [2.75, 3.05) is 0 Å². The van der Waals surface area contributed by atoms with Crippen LogP contribution < -0.4 is 11.0 Å². The Morgan fingerprint density at radius 1 is 1.38 bits per heavy atom. The number of carbonyl (C=O) groups is 1. The van der Waals surface area contributed by atoms with Crippen molar-refractivity contribution >= 4 is 16.9 Å². The first kappa shape index (κ1) is 13.8. The summed E-state index contributed by atoms with van der Waals surface area (Å²) in [6.07, 6.45) is -0.521. The number of nitrogens with one attached hydrogen (secondary N) is 1. The van der Waals surface area contributed by atoms with E-state index in [1.54, 1.807) is 14.0 Å². The molecular formula is C14H16FN3O3. The minimum Gasteiger partial charge on any atom is -0.372 e. The van der Waals surface area contributed by atoms with Crippen molar-refractivity contribution in [3.8, 4) is 0 Å². The zero-order chi connectivity index (χ0) is 15.3. The van der Waals surface area contributed by atoms with Crippen molar-refractivity contribution in [1.82, 2.24) is 14.5 Å². The van der Waals surface area contributed by atoms with Gasteiger partial charge in [0.15, 0.2) is 0 Å². The Balaban J connectivity index is 2.24. The van der Waals surface area contributed by atoms with Gasteiger partial charge < -0.3 is 10.4 Å². The first-order valence-electron chi connectivity index (χ1n) is 6.75. The zero-order valence-corrected chi connectivity index (χ0v) is 11.8. The summed E-state index contributed by atoms with van der Waals surface area (Å²) in [5.41, 5.74) is 1.12. The summed E-state index contributed by atoms with van der Waals surface area (Å²) in [5, 5.41) is 12.5. The van der Waals surface area contributed by atoms with E-state index in [4.69, 9.17) is 0 Å². The highest BCUT2D eigenvalue weighted by Crippen LogP contribution is 2.27. The topological polar surface area (TPSA) is 76.3 Å². The van der Waals surface area contributed by atoms with Crippen LogP contribution in [-0.4, -0.2) is 26.4 Å². The fourth-order valence-electron chi connectivity index (χ4n) is 3.00.